The van der Waals surface area contributed by atoms with Crippen LogP contribution in [0, 0.1) is 0 Å². The predicted octanol–water partition coefficient (Wildman–Crippen LogP) is 7.87. The third-order valence-electron chi connectivity index (χ3n) is 6.39. The molecule has 0 fully saturated rings. The molecule has 0 saturated carbocycles. The van der Waals surface area contributed by atoms with Gasteiger partial charge in [-0.2, -0.15) is 0 Å². The quantitative estimate of drug-likeness (QED) is 0.137. The molecule has 0 aromatic heterocycles. The Labute approximate surface area is 226 Å². The minimum absolute atomic E-state index is 0.543. The van der Waals surface area contributed by atoms with E-state index in [-0.39, 0.29) is 0 Å². The molecule has 1 aliphatic heterocycles. The molecule has 2 aromatic rings. The van der Waals surface area contributed by atoms with Crippen LogP contribution in [0.2, 0.25) is 0 Å². The van der Waals surface area contributed by atoms with E-state index in [0.29, 0.717) is 51.0 Å². The second-order valence-corrected chi connectivity index (χ2v) is 9.50. The van der Waals surface area contributed by atoms with Crippen molar-refractivity contribution >= 4 is 23.2 Å². The fourth-order valence-electron chi connectivity index (χ4n) is 4.96. The molecule has 5 nitrogen and oxygen atoms in total. The van der Waals surface area contributed by atoms with E-state index in [9.17, 15) is 0 Å². The van der Waals surface area contributed by atoms with Gasteiger partial charge in [-0.15, -0.1) is 23.2 Å². The van der Waals surface area contributed by atoms with E-state index >= 15 is 0 Å². The van der Waals surface area contributed by atoms with Crippen LogP contribution in [-0.2, 0) is 36.9 Å². The van der Waals surface area contributed by atoms with E-state index in [2.05, 4.69) is 12.1 Å². The molecule has 0 spiro atoms. The molecule has 1 aliphatic rings. The first-order valence-electron chi connectivity index (χ1n) is 13.1. The van der Waals surface area contributed by atoms with Crippen molar-refractivity contribution in [1.29, 1.82) is 0 Å². The van der Waals surface area contributed by atoms with Crippen LogP contribution in [0.25, 0.3) is 0 Å². The number of fused-ring (bicyclic) bond motifs is 2. The van der Waals surface area contributed by atoms with Gasteiger partial charge in [0.25, 0.3) is 0 Å². The first-order valence-corrected chi connectivity index (χ1v) is 14.2. The van der Waals surface area contributed by atoms with Gasteiger partial charge in [0.15, 0.2) is 11.6 Å². The first kappa shape index (κ1) is 29.2. The van der Waals surface area contributed by atoms with Crippen LogP contribution in [0.4, 0.5) is 0 Å². The number of ether oxygens (including phenoxy) is 5. The summed E-state index contributed by atoms with van der Waals surface area (Å²) in [5.74, 6) is 1.16. The normalized spacial score (nSPS) is 13.3. The van der Waals surface area contributed by atoms with E-state index in [1.807, 2.05) is 52.0 Å². The van der Waals surface area contributed by atoms with Gasteiger partial charge in [-0.3, -0.25) is 0 Å². The molecule has 0 aliphatic carbocycles. The van der Waals surface area contributed by atoms with Gasteiger partial charge >= 0.3 is 0 Å². The molecule has 200 valence electrons. The van der Waals surface area contributed by atoms with E-state index in [1.54, 1.807) is 0 Å². The number of hydrogen-bond acceptors (Lipinski definition) is 5. The summed E-state index contributed by atoms with van der Waals surface area (Å²) in [7, 11) is 0. The topological polar surface area (TPSA) is 46.2 Å². The standard InChI is InChI=1S/C29H40Cl2O5/c1-5-32-28(33-6-2,15-9-17-30)24-11-13-26-22(20-24)19-23-21-25(12-14-27(23)36-26)29(34-7-3,35-8-4)16-10-18-31/h11-14,20-21H,5-10,15-19H2,1-4H3. The maximum absolute atomic E-state index is 6.31. The van der Waals surface area contributed by atoms with Crippen LogP contribution >= 0.6 is 23.2 Å². The lowest BCUT2D eigenvalue weighted by Gasteiger charge is -2.35. The van der Waals surface area contributed by atoms with Gasteiger partial charge in [-0.05, 0) is 88.1 Å². The van der Waals surface area contributed by atoms with Gasteiger partial charge < -0.3 is 23.7 Å². The average molecular weight is 540 g/mol. The molecule has 0 radical (unpaired) electrons. The van der Waals surface area contributed by atoms with E-state index in [1.165, 1.54) is 0 Å². The van der Waals surface area contributed by atoms with Crippen molar-refractivity contribution in [2.45, 2.75) is 71.4 Å². The van der Waals surface area contributed by atoms with Crippen molar-refractivity contribution in [3.05, 3.63) is 58.7 Å². The second kappa shape index (κ2) is 14.0. The first-order chi connectivity index (χ1) is 17.5. The largest absolute Gasteiger partial charge is 0.457 e. The highest BCUT2D eigenvalue weighted by Crippen LogP contribution is 2.43. The summed E-state index contributed by atoms with van der Waals surface area (Å²) in [6.07, 6.45) is 3.68. The summed E-state index contributed by atoms with van der Waals surface area (Å²) in [6, 6.07) is 12.4. The zero-order chi connectivity index (χ0) is 26.0. The fourth-order valence-corrected chi connectivity index (χ4v) is 5.22. The molecule has 0 bridgehead atoms. The summed E-state index contributed by atoms with van der Waals surface area (Å²) >= 11 is 12.1. The summed E-state index contributed by atoms with van der Waals surface area (Å²) in [4.78, 5) is 0. The van der Waals surface area contributed by atoms with E-state index in [4.69, 9.17) is 46.9 Å². The van der Waals surface area contributed by atoms with Gasteiger partial charge in [0.05, 0.1) is 0 Å². The molecule has 0 N–H and O–H groups in total. The Bertz CT molecular complexity index is 877. The maximum Gasteiger partial charge on any atom is 0.194 e. The Morgan fingerprint density at radius 1 is 0.667 bits per heavy atom. The number of halogens is 2. The number of alkyl halides is 2. The molecular formula is C29H40Cl2O5. The van der Waals surface area contributed by atoms with Gasteiger partial charge in [-0.25, -0.2) is 0 Å². The fraction of sp³-hybridized carbons (Fsp3) is 0.586. The van der Waals surface area contributed by atoms with Gasteiger partial charge in [0, 0.05) is 68.6 Å². The molecule has 3 rings (SSSR count). The molecule has 36 heavy (non-hydrogen) atoms. The summed E-state index contributed by atoms with van der Waals surface area (Å²) < 4.78 is 31.1. The molecule has 0 unspecified atom stereocenters. The smallest absolute Gasteiger partial charge is 0.194 e. The van der Waals surface area contributed by atoms with Crippen LogP contribution in [-0.4, -0.2) is 38.2 Å². The Balaban J connectivity index is 1.98. The van der Waals surface area contributed by atoms with Gasteiger partial charge in [-0.1, -0.05) is 0 Å². The van der Waals surface area contributed by atoms with Crippen molar-refractivity contribution in [3.63, 3.8) is 0 Å². The number of rotatable bonds is 16. The van der Waals surface area contributed by atoms with Crippen LogP contribution in [0.1, 0.15) is 75.6 Å². The predicted molar refractivity (Wildman–Crippen MR) is 146 cm³/mol. The highest BCUT2D eigenvalue weighted by atomic mass is 35.5. The lowest BCUT2D eigenvalue weighted by molar-refractivity contribution is -0.247. The van der Waals surface area contributed by atoms with Crippen LogP contribution < -0.4 is 4.74 Å². The summed E-state index contributed by atoms with van der Waals surface area (Å²) in [5.41, 5.74) is 4.15. The second-order valence-electron chi connectivity index (χ2n) is 8.75. The van der Waals surface area contributed by atoms with Crippen LogP contribution in [0.5, 0.6) is 11.5 Å². The van der Waals surface area contributed by atoms with E-state index < -0.39 is 11.6 Å². The van der Waals surface area contributed by atoms with Crippen molar-refractivity contribution < 1.29 is 23.7 Å². The zero-order valence-corrected chi connectivity index (χ0v) is 23.6. The molecule has 1 heterocycles. The van der Waals surface area contributed by atoms with Gasteiger partial charge in [0.1, 0.15) is 11.5 Å². The molecule has 2 aromatic carbocycles. The average Bonchev–Trinajstić information content (AvgIpc) is 2.89. The lowest BCUT2D eigenvalue weighted by Crippen LogP contribution is -2.34. The third kappa shape index (κ3) is 6.56. The lowest BCUT2D eigenvalue weighted by atomic mass is 9.91. The Kier molecular flexibility index (Phi) is 11.4. The SMILES string of the molecule is CCOC(CCCCl)(OCC)c1ccc2c(c1)Cc1cc(C(CCCCl)(OCC)OCC)ccc1O2. The number of benzene rings is 2. The molecular weight excluding hydrogens is 499 g/mol. The Morgan fingerprint density at radius 3 is 1.39 bits per heavy atom. The molecule has 0 atom stereocenters. The zero-order valence-electron chi connectivity index (χ0n) is 22.0. The van der Waals surface area contributed by atoms with Crippen LogP contribution in [0.15, 0.2) is 36.4 Å². The van der Waals surface area contributed by atoms with E-state index in [0.717, 1.165) is 53.0 Å². The highest BCUT2D eigenvalue weighted by Gasteiger charge is 2.36. The molecule has 0 amide bonds. The van der Waals surface area contributed by atoms with Crippen molar-refractivity contribution in [1.82, 2.24) is 0 Å². The van der Waals surface area contributed by atoms with Crippen molar-refractivity contribution in [3.8, 4) is 11.5 Å². The Morgan fingerprint density at radius 2 is 1.06 bits per heavy atom. The molecule has 7 heteroatoms. The van der Waals surface area contributed by atoms with Crippen LogP contribution in [0.3, 0.4) is 0 Å². The highest BCUT2D eigenvalue weighted by molar-refractivity contribution is 6.18. The minimum Gasteiger partial charge on any atom is -0.457 e. The monoisotopic (exact) mass is 538 g/mol. The third-order valence-corrected chi connectivity index (χ3v) is 6.93. The van der Waals surface area contributed by atoms with Crippen molar-refractivity contribution in [2.75, 3.05) is 38.2 Å². The van der Waals surface area contributed by atoms with Gasteiger partial charge in [0.2, 0.25) is 0 Å². The molecule has 0 saturated heterocycles. The summed E-state index contributed by atoms with van der Waals surface area (Å²) in [5, 5.41) is 0. The summed E-state index contributed by atoms with van der Waals surface area (Å²) in [6.45, 7) is 10.1. The Hall–Kier alpha value is -1.34. The maximum atomic E-state index is 6.31. The number of hydrogen-bond donors (Lipinski definition) is 0. The minimum atomic E-state index is -0.823. The van der Waals surface area contributed by atoms with Crippen molar-refractivity contribution in [2.24, 2.45) is 0 Å².